The van der Waals surface area contributed by atoms with E-state index in [4.69, 9.17) is 5.11 Å². The molecule has 0 heterocycles. The lowest BCUT2D eigenvalue weighted by atomic mass is 9.95. The first kappa shape index (κ1) is 14.7. The summed E-state index contributed by atoms with van der Waals surface area (Å²) in [5.41, 5.74) is 0.331. The molecule has 0 saturated heterocycles. The van der Waals surface area contributed by atoms with Crippen molar-refractivity contribution in [2.75, 3.05) is 14.1 Å². The predicted octanol–water partition coefficient (Wildman–Crippen LogP) is 3.27. The third-order valence-corrected chi connectivity index (χ3v) is 3.33. The SMILES string of the molecule is CN(C)C1CCCCC1.O=C(O)c1ccccc1. The number of benzene rings is 1. The minimum atomic E-state index is -0.879. The van der Waals surface area contributed by atoms with Gasteiger partial charge in [0.05, 0.1) is 5.56 Å². The van der Waals surface area contributed by atoms with Gasteiger partial charge < -0.3 is 10.0 Å². The van der Waals surface area contributed by atoms with Gasteiger partial charge >= 0.3 is 5.97 Å². The molecule has 0 atom stereocenters. The zero-order valence-corrected chi connectivity index (χ0v) is 11.3. The summed E-state index contributed by atoms with van der Waals surface area (Å²) in [7, 11) is 4.38. The first-order valence-corrected chi connectivity index (χ1v) is 6.56. The fourth-order valence-corrected chi connectivity index (χ4v) is 2.18. The van der Waals surface area contributed by atoms with Crippen molar-refractivity contribution in [2.45, 2.75) is 38.1 Å². The minimum absolute atomic E-state index is 0.331. The monoisotopic (exact) mass is 249 g/mol. The van der Waals surface area contributed by atoms with Crippen LogP contribution in [0.2, 0.25) is 0 Å². The lowest BCUT2D eigenvalue weighted by Gasteiger charge is -2.27. The number of hydrogen-bond acceptors (Lipinski definition) is 2. The fourth-order valence-electron chi connectivity index (χ4n) is 2.18. The number of hydrogen-bond donors (Lipinski definition) is 1. The minimum Gasteiger partial charge on any atom is -0.478 e. The second-order valence-corrected chi connectivity index (χ2v) is 4.93. The summed E-state index contributed by atoms with van der Waals surface area (Å²) in [5.74, 6) is -0.879. The summed E-state index contributed by atoms with van der Waals surface area (Å²) < 4.78 is 0. The molecule has 0 unspecified atom stereocenters. The molecule has 0 spiro atoms. The van der Waals surface area contributed by atoms with Gasteiger partial charge in [-0.05, 0) is 39.1 Å². The van der Waals surface area contributed by atoms with Gasteiger partial charge in [-0.15, -0.1) is 0 Å². The van der Waals surface area contributed by atoms with Crippen LogP contribution < -0.4 is 0 Å². The summed E-state index contributed by atoms with van der Waals surface area (Å²) in [4.78, 5) is 12.6. The van der Waals surface area contributed by atoms with Crippen LogP contribution in [0.25, 0.3) is 0 Å². The van der Waals surface area contributed by atoms with E-state index in [0.717, 1.165) is 6.04 Å². The maximum Gasteiger partial charge on any atom is 0.335 e. The van der Waals surface area contributed by atoms with Crippen LogP contribution in [0.15, 0.2) is 30.3 Å². The maximum atomic E-state index is 10.2. The Labute approximate surface area is 109 Å². The van der Waals surface area contributed by atoms with Crippen molar-refractivity contribution >= 4 is 5.97 Å². The predicted molar refractivity (Wildman–Crippen MR) is 74.0 cm³/mol. The van der Waals surface area contributed by atoms with Crippen LogP contribution in [-0.4, -0.2) is 36.1 Å². The number of aromatic carboxylic acids is 1. The molecule has 0 aliphatic heterocycles. The summed E-state index contributed by atoms with van der Waals surface area (Å²) in [6.45, 7) is 0. The normalized spacial score (nSPS) is 15.9. The highest BCUT2D eigenvalue weighted by atomic mass is 16.4. The zero-order chi connectivity index (χ0) is 13.4. The summed E-state index contributed by atoms with van der Waals surface area (Å²) in [5, 5.41) is 8.38. The molecule has 1 aliphatic rings. The average molecular weight is 249 g/mol. The molecule has 0 bridgehead atoms. The first-order chi connectivity index (χ1) is 8.61. The molecule has 18 heavy (non-hydrogen) atoms. The van der Waals surface area contributed by atoms with Gasteiger partial charge in [-0.1, -0.05) is 37.5 Å². The zero-order valence-electron chi connectivity index (χ0n) is 11.3. The van der Waals surface area contributed by atoms with Crippen LogP contribution in [0.3, 0.4) is 0 Å². The van der Waals surface area contributed by atoms with E-state index >= 15 is 0 Å². The molecule has 1 N–H and O–H groups in total. The Morgan fingerprint density at radius 3 is 2.00 bits per heavy atom. The van der Waals surface area contributed by atoms with E-state index < -0.39 is 5.97 Å². The summed E-state index contributed by atoms with van der Waals surface area (Å²) in [6, 6.07) is 9.18. The van der Waals surface area contributed by atoms with E-state index in [1.54, 1.807) is 30.3 Å². The van der Waals surface area contributed by atoms with Gasteiger partial charge in [0.15, 0.2) is 0 Å². The Morgan fingerprint density at radius 1 is 1.11 bits per heavy atom. The van der Waals surface area contributed by atoms with Crippen molar-refractivity contribution < 1.29 is 9.90 Å². The van der Waals surface area contributed by atoms with Gasteiger partial charge in [-0.3, -0.25) is 0 Å². The molecule has 1 saturated carbocycles. The second-order valence-electron chi connectivity index (χ2n) is 4.93. The van der Waals surface area contributed by atoms with Gasteiger partial charge in [0, 0.05) is 6.04 Å². The topological polar surface area (TPSA) is 40.5 Å². The van der Waals surface area contributed by atoms with Crippen molar-refractivity contribution in [1.82, 2.24) is 4.90 Å². The number of carboxylic acid groups (broad SMARTS) is 1. The van der Waals surface area contributed by atoms with E-state index in [2.05, 4.69) is 19.0 Å². The average Bonchev–Trinajstić information content (AvgIpc) is 2.41. The van der Waals surface area contributed by atoms with E-state index in [1.807, 2.05) is 0 Å². The highest BCUT2D eigenvalue weighted by Crippen LogP contribution is 2.20. The standard InChI is InChI=1S/C8H17N.C7H6O2/c1-9(2)8-6-4-3-5-7-8;8-7(9)6-4-2-1-3-5-6/h8H,3-7H2,1-2H3;1-5H,(H,8,9). The van der Waals surface area contributed by atoms with Gasteiger partial charge in [0.25, 0.3) is 0 Å². The van der Waals surface area contributed by atoms with Crippen LogP contribution in [-0.2, 0) is 0 Å². The Morgan fingerprint density at radius 2 is 1.67 bits per heavy atom. The third kappa shape index (κ3) is 5.32. The van der Waals surface area contributed by atoms with E-state index in [-0.39, 0.29) is 0 Å². The molecule has 0 radical (unpaired) electrons. The van der Waals surface area contributed by atoms with Crippen LogP contribution in [0.1, 0.15) is 42.5 Å². The van der Waals surface area contributed by atoms with Crippen molar-refractivity contribution in [2.24, 2.45) is 0 Å². The molecule has 100 valence electrons. The third-order valence-electron chi connectivity index (χ3n) is 3.33. The Bertz CT molecular complexity index is 343. The van der Waals surface area contributed by atoms with E-state index in [0.29, 0.717) is 5.56 Å². The molecule has 0 aromatic heterocycles. The number of nitrogens with zero attached hydrogens (tertiary/aromatic N) is 1. The molecule has 3 nitrogen and oxygen atoms in total. The molecule has 1 aromatic rings. The van der Waals surface area contributed by atoms with Gasteiger partial charge in [0.1, 0.15) is 0 Å². The first-order valence-electron chi connectivity index (χ1n) is 6.56. The van der Waals surface area contributed by atoms with E-state index in [1.165, 1.54) is 32.1 Å². The van der Waals surface area contributed by atoms with Crippen molar-refractivity contribution in [3.05, 3.63) is 35.9 Å². The number of carboxylic acids is 1. The quantitative estimate of drug-likeness (QED) is 0.874. The van der Waals surface area contributed by atoms with Crippen molar-refractivity contribution in [3.8, 4) is 0 Å². The van der Waals surface area contributed by atoms with Crippen LogP contribution in [0.4, 0.5) is 0 Å². The van der Waals surface area contributed by atoms with Gasteiger partial charge in [-0.25, -0.2) is 4.79 Å². The molecule has 1 aliphatic carbocycles. The number of rotatable bonds is 2. The summed E-state index contributed by atoms with van der Waals surface area (Å²) in [6.07, 6.45) is 7.20. The molecule has 0 amide bonds. The fraction of sp³-hybridized carbons (Fsp3) is 0.533. The largest absolute Gasteiger partial charge is 0.478 e. The lowest BCUT2D eigenvalue weighted by Crippen LogP contribution is -2.29. The van der Waals surface area contributed by atoms with Crippen LogP contribution >= 0.6 is 0 Å². The van der Waals surface area contributed by atoms with Crippen molar-refractivity contribution in [3.63, 3.8) is 0 Å². The molecule has 1 aromatic carbocycles. The Kier molecular flexibility index (Phi) is 6.44. The second kappa shape index (κ2) is 7.88. The van der Waals surface area contributed by atoms with Crippen LogP contribution in [0, 0.1) is 0 Å². The molecular formula is C15H23NO2. The van der Waals surface area contributed by atoms with Gasteiger partial charge in [0.2, 0.25) is 0 Å². The van der Waals surface area contributed by atoms with Crippen LogP contribution in [0.5, 0.6) is 0 Å². The summed E-state index contributed by atoms with van der Waals surface area (Å²) >= 11 is 0. The lowest BCUT2D eigenvalue weighted by molar-refractivity contribution is 0.0697. The highest BCUT2D eigenvalue weighted by molar-refractivity contribution is 5.87. The molecule has 3 heteroatoms. The molecule has 2 rings (SSSR count). The Hall–Kier alpha value is -1.35. The smallest absolute Gasteiger partial charge is 0.335 e. The van der Waals surface area contributed by atoms with E-state index in [9.17, 15) is 4.79 Å². The molecule has 1 fully saturated rings. The Balaban J connectivity index is 0.000000180. The number of carbonyl (C=O) groups is 1. The highest BCUT2D eigenvalue weighted by Gasteiger charge is 2.13. The maximum absolute atomic E-state index is 10.2. The van der Waals surface area contributed by atoms with Crippen molar-refractivity contribution in [1.29, 1.82) is 0 Å². The molecular weight excluding hydrogens is 226 g/mol. The van der Waals surface area contributed by atoms with Gasteiger partial charge in [-0.2, -0.15) is 0 Å².